The van der Waals surface area contributed by atoms with Crippen molar-refractivity contribution in [3.8, 4) is 17.6 Å². The van der Waals surface area contributed by atoms with Crippen LogP contribution in [0.15, 0.2) is 59.0 Å². The highest BCUT2D eigenvalue weighted by Crippen LogP contribution is 2.28. The first-order valence-corrected chi connectivity index (χ1v) is 9.49. The van der Waals surface area contributed by atoms with Crippen molar-refractivity contribution in [2.45, 2.75) is 6.61 Å². The summed E-state index contributed by atoms with van der Waals surface area (Å²) in [5.74, 6) is 2.12. The van der Waals surface area contributed by atoms with Crippen molar-refractivity contribution in [3.05, 3.63) is 66.2 Å². The second-order valence-electron chi connectivity index (χ2n) is 6.62. The van der Waals surface area contributed by atoms with Gasteiger partial charge in [0.2, 0.25) is 17.5 Å². The molecule has 7 heteroatoms. The van der Waals surface area contributed by atoms with Crippen LogP contribution in [0.2, 0.25) is 0 Å². The summed E-state index contributed by atoms with van der Waals surface area (Å²) >= 11 is 0. The predicted molar refractivity (Wildman–Crippen MR) is 109 cm³/mol. The van der Waals surface area contributed by atoms with Crippen LogP contribution in [0, 0.1) is 11.3 Å². The van der Waals surface area contributed by atoms with Crippen LogP contribution in [0.4, 0.5) is 11.6 Å². The van der Waals surface area contributed by atoms with E-state index < -0.39 is 0 Å². The summed E-state index contributed by atoms with van der Waals surface area (Å²) in [4.78, 5) is 8.69. The fourth-order valence-electron chi connectivity index (χ4n) is 3.39. The summed E-state index contributed by atoms with van der Waals surface area (Å²) in [7, 11) is 1.59. The maximum atomic E-state index is 9.49. The molecule has 0 saturated carbocycles. The summed E-state index contributed by atoms with van der Waals surface area (Å²) < 4.78 is 16.9. The smallest absolute Gasteiger partial charge is 0.236 e. The molecular weight excluding hydrogens is 368 g/mol. The fraction of sp³-hybridized carbons (Fsp3) is 0.273. The van der Waals surface area contributed by atoms with Gasteiger partial charge in [-0.05, 0) is 24.3 Å². The molecule has 29 heavy (non-hydrogen) atoms. The van der Waals surface area contributed by atoms with Crippen LogP contribution in [0.1, 0.15) is 11.6 Å². The van der Waals surface area contributed by atoms with Crippen LogP contribution in [-0.2, 0) is 6.61 Å². The molecule has 0 radical (unpaired) electrons. The molecule has 0 N–H and O–H groups in total. The number of hydrogen-bond donors (Lipinski definition) is 0. The molecule has 1 saturated heterocycles. The number of methoxy groups -OCH3 is 1. The minimum Gasteiger partial charge on any atom is -0.493 e. The molecule has 2 heterocycles. The Balaban J connectivity index is 1.43. The number of oxazole rings is 1. The minimum atomic E-state index is 0.124. The number of rotatable bonds is 6. The van der Waals surface area contributed by atoms with Crippen LogP contribution in [0.25, 0.3) is 0 Å². The van der Waals surface area contributed by atoms with Gasteiger partial charge in [0.15, 0.2) is 18.1 Å². The molecule has 7 nitrogen and oxygen atoms in total. The molecule has 1 aromatic heterocycles. The molecule has 148 valence electrons. The molecule has 1 aliphatic rings. The van der Waals surface area contributed by atoms with E-state index in [-0.39, 0.29) is 12.3 Å². The van der Waals surface area contributed by atoms with Crippen LogP contribution in [0.3, 0.4) is 0 Å². The van der Waals surface area contributed by atoms with Crippen molar-refractivity contribution in [3.63, 3.8) is 0 Å². The van der Waals surface area contributed by atoms with Gasteiger partial charge in [-0.3, -0.25) is 0 Å². The Morgan fingerprint density at radius 3 is 2.31 bits per heavy atom. The van der Waals surface area contributed by atoms with E-state index in [1.165, 1.54) is 5.69 Å². The third-order valence-electron chi connectivity index (χ3n) is 4.87. The molecule has 0 spiro atoms. The van der Waals surface area contributed by atoms with Gasteiger partial charge in [0.25, 0.3) is 0 Å². The Hall–Kier alpha value is -3.66. The van der Waals surface area contributed by atoms with Crippen LogP contribution < -0.4 is 19.3 Å². The Morgan fingerprint density at radius 2 is 1.62 bits per heavy atom. The van der Waals surface area contributed by atoms with E-state index in [1.807, 2.05) is 42.5 Å². The first-order chi connectivity index (χ1) is 14.3. The highest BCUT2D eigenvalue weighted by molar-refractivity contribution is 5.52. The average Bonchev–Trinajstić information content (AvgIpc) is 3.22. The van der Waals surface area contributed by atoms with Gasteiger partial charge in [-0.2, -0.15) is 10.2 Å². The number of hydrogen-bond acceptors (Lipinski definition) is 7. The summed E-state index contributed by atoms with van der Waals surface area (Å²) in [6, 6.07) is 19.8. The third-order valence-corrected chi connectivity index (χ3v) is 4.87. The number of nitriles is 1. The second kappa shape index (κ2) is 8.57. The van der Waals surface area contributed by atoms with Gasteiger partial charge in [0.1, 0.15) is 6.07 Å². The van der Waals surface area contributed by atoms with Gasteiger partial charge in [0, 0.05) is 31.9 Å². The van der Waals surface area contributed by atoms with Gasteiger partial charge in [-0.1, -0.05) is 30.3 Å². The monoisotopic (exact) mass is 390 g/mol. The Labute approximate surface area is 169 Å². The third kappa shape index (κ3) is 4.11. The maximum Gasteiger partial charge on any atom is 0.236 e. The average molecular weight is 390 g/mol. The standard InChI is InChI=1S/C22H22N4O3/c1-27-19-9-5-6-10-20(19)28-16-21-24-18(15-23)22(29-21)26-13-11-25(12-14-26)17-7-3-2-4-8-17/h2-10H,11-14,16H2,1H3. The van der Waals surface area contributed by atoms with Crippen molar-refractivity contribution in [2.75, 3.05) is 43.1 Å². The number of ether oxygens (including phenoxy) is 2. The van der Waals surface area contributed by atoms with E-state index >= 15 is 0 Å². The van der Waals surface area contributed by atoms with E-state index in [0.29, 0.717) is 23.3 Å². The molecule has 0 amide bonds. The van der Waals surface area contributed by atoms with Crippen molar-refractivity contribution in [1.29, 1.82) is 5.26 Å². The zero-order valence-electron chi connectivity index (χ0n) is 16.2. The number of aromatic nitrogens is 1. The minimum absolute atomic E-state index is 0.124. The van der Waals surface area contributed by atoms with E-state index in [0.717, 1.165) is 26.2 Å². The summed E-state index contributed by atoms with van der Waals surface area (Å²) in [5.41, 5.74) is 1.49. The number of nitrogens with zero attached hydrogens (tertiary/aromatic N) is 4. The lowest BCUT2D eigenvalue weighted by Gasteiger charge is -2.35. The first-order valence-electron chi connectivity index (χ1n) is 9.49. The number of piperazine rings is 1. The van der Waals surface area contributed by atoms with E-state index in [1.54, 1.807) is 7.11 Å². The molecule has 0 aliphatic carbocycles. The number of anilines is 2. The highest BCUT2D eigenvalue weighted by atomic mass is 16.5. The van der Waals surface area contributed by atoms with Crippen LogP contribution in [0.5, 0.6) is 11.5 Å². The van der Waals surface area contributed by atoms with Crippen molar-refractivity contribution >= 4 is 11.6 Å². The summed E-state index contributed by atoms with van der Waals surface area (Å²) in [6.45, 7) is 3.33. The van der Waals surface area contributed by atoms with Crippen LogP contribution in [-0.4, -0.2) is 38.3 Å². The molecule has 4 rings (SSSR count). The van der Waals surface area contributed by atoms with Gasteiger partial charge < -0.3 is 23.7 Å². The molecule has 0 bridgehead atoms. The lowest BCUT2D eigenvalue weighted by molar-refractivity contribution is 0.250. The quantitative estimate of drug-likeness (QED) is 0.638. The molecule has 0 unspecified atom stereocenters. The van der Waals surface area contributed by atoms with Crippen LogP contribution >= 0.6 is 0 Å². The molecule has 1 aliphatic heterocycles. The predicted octanol–water partition coefficient (Wildman–Crippen LogP) is 3.46. The molecule has 3 aromatic rings. The number of para-hydroxylation sites is 3. The molecule has 2 aromatic carbocycles. The first kappa shape index (κ1) is 18.7. The van der Waals surface area contributed by atoms with Gasteiger partial charge in [-0.15, -0.1) is 0 Å². The van der Waals surface area contributed by atoms with Crippen molar-refractivity contribution < 1.29 is 13.9 Å². The topological polar surface area (TPSA) is 74.8 Å². The zero-order valence-corrected chi connectivity index (χ0v) is 16.2. The van der Waals surface area contributed by atoms with Gasteiger partial charge in [0.05, 0.1) is 7.11 Å². The van der Waals surface area contributed by atoms with Gasteiger partial charge >= 0.3 is 0 Å². The fourth-order valence-corrected chi connectivity index (χ4v) is 3.39. The molecule has 0 atom stereocenters. The van der Waals surface area contributed by atoms with Crippen molar-refractivity contribution in [1.82, 2.24) is 4.98 Å². The molecule has 1 fully saturated rings. The second-order valence-corrected chi connectivity index (χ2v) is 6.62. The highest BCUT2D eigenvalue weighted by Gasteiger charge is 2.24. The SMILES string of the molecule is COc1ccccc1OCc1nc(C#N)c(N2CCN(c3ccccc3)CC2)o1. The normalized spacial score (nSPS) is 13.8. The van der Waals surface area contributed by atoms with E-state index in [4.69, 9.17) is 13.9 Å². The van der Waals surface area contributed by atoms with E-state index in [9.17, 15) is 5.26 Å². The maximum absolute atomic E-state index is 9.49. The van der Waals surface area contributed by atoms with Crippen molar-refractivity contribution in [2.24, 2.45) is 0 Å². The summed E-state index contributed by atoms with van der Waals surface area (Å²) in [6.07, 6.45) is 0. The number of benzene rings is 2. The Morgan fingerprint density at radius 1 is 0.966 bits per heavy atom. The Bertz CT molecular complexity index is 989. The Kier molecular flexibility index (Phi) is 5.52. The van der Waals surface area contributed by atoms with Gasteiger partial charge in [-0.25, -0.2) is 0 Å². The summed E-state index contributed by atoms with van der Waals surface area (Å²) in [5, 5.41) is 9.49. The lowest BCUT2D eigenvalue weighted by atomic mass is 10.2. The zero-order chi connectivity index (χ0) is 20.1. The van der Waals surface area contributed by atoms with E-state index in [2.05, 4.69) is 33.0 Å². The molecular formula is C22H22N4O3. The lowest BCUT2D eigenvalue weighted by Crippen LogP contribution is -2.46. The largest absolute Gasteiger partial charge is 0.493 e.